The van der Waals surface area contributed by atoms with Crippen molar-refractivity contribution in [3.63, 3.8) is 0 Å². The molecule has 0 amide bonds. The van der Waals surface area contributed by atoms with Crippen molar-refractivity contribution in [3.8, 4) is 0 Å². The normalized spacial score (nSPS) is 36.6. The van der Waals surface area contributed by atoms with Crippen molar-refractivity contribution < 1.29 is 9.47 Å². The lowest BCUT2D eigenvalue weighted by Gasteiger charge is -2.38. The first kappa shape index (κ1) is 12.3. The Morgan fingerprint density at radius 3 is 2.81 bits per heavy atom. The van der Waals surface area contributed by atoms with Gasteiger partial charge >= 0.3 is 0 Å². The summed E-state index contributed by atoms with van der Waals surface area (Å²) in [5, 5.41) is 0. The number of rotatable bonds is 6. The second kappa shape index (κ2) is 5.03. The summed E-state index contributed by atoms with van der Waals surface area (Å²) in [5.41, 5.74) is 6.30. The van der Waals surface area contributed by atoms with E-state index in [0.29, 0.717) is 12.0 Å². The molecule has 1 heterocycles. The molecule has 16 heavy (non-hydrogen) atoms. The van der Waals surface area contributed by atoms with Crippen LogP contribution in [0.1, 0.15) is 32.6 Å². The molecule has 3 unspecified atom stereocenters. The molecule has 1 aliphatic carbocycles. The summed E-state index contributed by atoms with van der Waals surface area (Å²) < 4.78 is 11.2. The number of methoxy groups -OCH3 is 1. The fourth-order valence-corrected chi connectivity index (χ4v) is 3.22. The molecule has 3 nitrogen and oxygen atoms in total. The standard InChI is InChI=1S/C13H25NO2/c1-10(5-7-15-2)13(9-14)6-8-16-12(13)11-3-4-11/h10-12H,3-9,14H2,1-2H3. The third kappa shape index (κ3) is 2.13. The van der Waals surface area contributed by atoms with Crippen LogP contribution in [0.5, 0.6) is 0 Å². The first-order valence-electron chi connectivity index (χ1n) is 6.55. The lowest BCUT2D eigenvalue weighted by Crippen LogP contribution is -2.45. The maximum absolute atomic E-state index is 6.08. The predicted molar refractivity (Wildman–Crippen MR) is 64.2 cm³/mol. The van der Waals surface area contributed by atoms with Gasteiger partial charge in [0, 0.05) is 32.3 Å². The van der Waals surface area contributed by atoms with E-state index in [2.05, 4.69) is 6.92 Å². The number of ether oxygens (including phenoxy) is 2. The average molecular weight is 227 g/mol. The van der Waals surface area contributed by atoms with Gasteiger partial charge in [0.25, 0.3) is 0 Å². The van der Waals surface area contributed by atoms with E-state index in [9.17, 15) is 0 Å². The number of nitrogens with two attached hydrogens (primary N) is 1. The van der Waals surface area contributed by atoms with E-state index < -0.39 is 0 Å². The van der Waals surface area contributed by atoms with E-state index in [0.717, 1.165) is 38.5 Å². The van der Waals surface area contributed by atoms with Crippen LogP contribution in [0.4, 0.5) is 0 Å². The molecular weight excluding hydrogens is 202 g/mol. The van der Waals surface area contributed by atoms with Crippen molar-refractivity contribution in [2.45, 2.75) is 38.7 Å². The van der Waals surface area contributed by atoms with E-state index in [4.69, 9.17) is 15.2 Å². The maximum Gasteiger partial charge on any atom is 0.0674 e. The third-order valence-electron chi connectivity index (χ3n) is 4.60. The minimum Gasteiger partial charge on any atom is -0.385 e. The molecule has 1 aliphatic heterocycles. The van der Waals surface area contributed by atoms with Gasteiger partial charge < -0.3 is 15.2 Å². The molecule has 0 bridgehead atoms. The Morgan fingerprint density at radius 2 is 2.25 bits per heavy atom. The summed E-state index contributed by atoms with van der Waals surface area (Å²) in [6.07, 6.45) is 5.33. The molecule has 1 saturated carbocycles. The Balaban J connectivity index is 2.03. The van der Waals surface area contributed by atoms with E-state index in [1.54, 1.807) is 7.11 Å². The minimum absolute atomic E-state index is 0.222. The maximum atomic E-state index is 6.08. The Hall–Kier alpha value is -0.120. The second-order valence-electron chi connectivity index (χ2n) is 5.50. The molecule has 94 valence electrons. The van der Waals surface area contributed by atoms with Gasteiger partial charge in [-0.1, -0.05) is 6.92 Å². The smallest absolute Gasteiger partial charge is 0.0674 e. The molecule has 2 N–H and O–H groups in total. The van der Waals surface area contributed by atoms with Crippen LogP contribution < -0.4 is 5.73 Å². The summed E-state index contributed by atoms with van der Waals surface area (Å²) in [4.78, 5) is 0. The van der Waals surface area contributed by atoms with E-state index in [1.807, 2.05) is 0 Å². The average Bonchev–Trinajstić information content (AvgIpc) is 3.05. The SMILES string of the molecule is COCCC(C)C1(CN)CCOC1C1CC1. The highest BCUT2D eigenvalue weighted by Crippen LogP contribution is 2.51. The van der Waals surface area contributed by atoms with Gasteiger partial charge in [-0.05, 0) is 37.5 Å². The van der Waals surface area contributed by atoms with Crippen molar-refractivity contribution in [3.05, 3.63) is 0 Å². The van der Waals surface area contributed by atoms with Crippen LogP contribution >= 0.6 is 0 Å². The Morgan fingerprint density at radius 1 is 1.50 bits per heavy atom. The molecule has 1 saturated heterocycles. The second-order valence-corrected chi connectivity index (χ2v) is 5.50. The monoisotopic (exact) mass is 227 g/mol. The topological polar surface area (TPSA) is 44.5 Å². The van der Waals surface area contributed by atoms with Gasteiger partial charge in [0.05, 0.1) is 6.10 Å². The number of hydrogen-bond donors (Lipinski definition) is 1. The van der Waals surface area contributed by atoms with Gasteiger partial charge in [0.15, 0.2) is 0 Å². The summed E-state index contributed by atoms with van der Waals surface area (Å²) in [6.45, 7) is 4.81. The van der Waals surface area contributed by atoms with Gasteiger partial charge in [-0.3, -0.25) is 0 Å². The van der Waals surface area contributed by atoms with Gasteiger partial charge in [0.1, 0.15) is 0 Å². The van der Waals surface area contributed by atoms with E-state index in [1.165, 1.54) is 12.8 Å². The van der Waals surface area contributed by atoms with Gasteiger partial charge in [-0.25, -0.2) is 0 Å². The highest BCUT2D eigenvalue weighted by atomic mass is 16.5. The zero-order valence-corrected chi connectivity index (χ0v) is 10.6. The molecule has 0 aromatic heterocycles. The molecule has 0 spiro atoms. The zero-order valence-electron chi connectivity index (χ0n) is 10.6. The highest BCUT2D eigenvalue weighted by Gasteiger charge is 2.52. The van der Waals surface area contributed by atoms with Crippen molar-refractivity contribution in [2.75, 3.05) is 26.9 Å². The van der Waals surface area contributed by atoms with Crippen LogP contribution in [0.25, 0.3) is 0 Å². The van der Waals surface area contributed by atoms with E-state index in [-0.39, 0.29) is 5.41 Å². The van der Waals surface area contributed by atoms with Gasteiger partial charge in [-0.15, -0.1) is 0 Å². The first-order valence-corrected chi connectivity index (χ1v) is 6.55. The number of hydrogen-bond acceptors (Lipinski definition) is 3. The van der Waals surface area contributed by atoms with Crippen molar-refractivity contribution in [2.24, 2.45) is 23.0 Å². The highest BCUT2D eigenvalue weighted by molar-refractivity contribution is 5.02. The molecule has 2 aliphatic rings. The summed E-state index contributed by atoms with van der Waals surface area (Å²) in [6, 6.07) is 0. The van der Waals surface area contributed by atoms with Gasteiger partial charge in [-0.2, -0.15) is 0 Å². The van der Waals surface area contributed by atoms with Crippen molar-refractivity contribution >= 4 is 0 Å². The molecule has 3 heteroatoms. The van der Waals surface area contributed by atoms with Crippen molar-refractivity contribution in [1.82, 2.24) is 0 Å². The quantitative estimate of drug-likeness (QED) is 0.752. The van der Waals surface area contributed by atoms with Crippen LogP contribution in [-0.2, 0) is 9.47 Å². The van der Waals surface area contributed by atoms with Crippen LogP contribution in [-0.4, -0.2) is 33.0 Å². The largest absolute Gasteiger partial charge is 0.385 e. The third-order valence-corrected chi connectivity index (χ3v) is 4.60. The zero-order chi connectivity index (χ0) is 11.6. The molecule has 0 aromatic carbocycles. The van der Waals surface area contributed by atoms with Crippen molar-refractivity contribution in [1.29, 1.82) is 0 Å². The van der Waals surface area contributed by atoms with E-state index >= 15 is 0 Å². The van der Waals surface area contributed by atoms with Crippen LogP contribution in [0.15, 0.2) is 0 Å². The predicted octanol–water partition coefficient (Wildman–Crippen LogP) is 1.80. The fraction of sp³-hybridized carbons (Fsp3) is 1.00. The molecule has 3 atom stereocenters. The summed E-state index contributed by atoms with van der Waals surface area (Å²) in [5.74, 6) is 1.39. The lowest BCUT2D eigenvalue weighted by atomic mass is 9.68. The Kier molecular flexibility index (Phi) is 3.88. The Labute approximate surface area is 98.7 Å². The minimum atomic E-state index is 0.222. The first-order chi connectivity index (χ1) is 7.74. The summed E-state index contributed by atoms with van der Waals surface area (Å²) in [7, 11) is 1.77. The molecular formula is C13H25NO2. The fourth-order valence-electron chi connectivity index (χ4n) is 3.22. The summed E-state index contributed by atoms with van der Waals surface area (Å²) >= 11 is 0. The van der Waals surface area contributed by atoms with Crippen LogP contribution in [0, 0.1) is 17.3 Å². The van der Waals surface area contributed by atoms with Crippen LogP contribution in [0.3, 0.4) is 0 Å². The molecule has 2 rings (SSSR count). The molecule has 0 aromatic rings. The van der Waals surface area contributed by atoms with Crippen LogP contribution in [0.2, 0.25) is 0 Å². The van der Waals surface area contributed by atoms with Gasteiger partial charge in [0.2, 0.25) is 0 Å². The Bertz CT molecular complexity index is 230. The molecule has 0 radical (unpaired) electrons. The lowest BCUT2D eigenvalue weighted by molar-refractivity contribution is 0.000422. The molecule has 2 fully saturated rings.